The lowest BCUT2D eigenvalue weighted by Gasteiger charge is -2.28. The van der Waals surface area contributed by atoms with Gasteiger partial charge in [0.25, 0.3) is 22.6 Å². The van der Waals surface area contributed by atoms with E-state index in [1.807, 2.05) is 0 Å². The largest absolute Gasteiger partial charge is 0.377 e. The van der Waals surface area contributed by atoms with Crippen LogP contribution in [0.1, 0.15) is 89.9 Å². The summed E-state index contributed by atoms with van der Waals surface area (Å²) in [7, 11) is 3.11. The van der Waals surface area contributed by atoms with Crippen LogP contribution in [0, 0.1) is 5.92 Å². The van der Waals surface area contributed by atoms with Crippen LogP contribution in [-0.2, 0) is 0 Å². The van der Waals surface area contributed by atoms with Gasteiger partial charge in [-0.3, -0.25) is 0 Å². The maximum absolute atomic E-state index is 3.39. The predicted molar refractivity (Wildman–Crippen MR) is 115 cm³/mol. The van der Waals surface area contributed by atoms with Gasteiger partial charge >= 0.3 is 0 Å². The smallest absolute Gasteiger partial charge is 0.267 e. The summed E-state index contributed by atoms with van der Waals surface area (Å²) in [6, 6.07) is 0. The average molecular weight is 346 g/mol. The lowest BCUT2D eigenvalue weighted by atomic mass is 9.79. The molecule has 0 amide bonds. The maximum atomic E-state index is 3.39. The van der Waals surface area contributed by atoms with Crippen LogP contribution in [0.15, 0.2) is 0 Å². The molecular weight excluding hydrogens is 305 g/mol. The molecule has 0 aromatic carbocycles. The molecule has 2 aliphatic heterocycles. The first-order valence-corrected chi connectivity index (χ1v) is 11.3. The zero-order valence-electron chi connectivity index (χ0n) is 16.7. The minimum atomic E-state index is 0.972. The summed E-state index contributed by atoms with van der Waals surface area (Å²) in [5, 5.41) is 10.0. The Hall–Kier alpha value is 0.0348. The van der Waals surface area contributed by atoms with Crippen molar-refractivity contribution in [2.24, 2.45) is 5.92 Å². The number of hydrogen-bond donors (Lipinski definition) is 3. The number of nitrogens with zero attached hydrogens (tertiary/aromatic N) is 1. The van der Waals surface area contributed by atoms with Crippen LogP contribution in [0.4, 0.5) is 0 Å². The Morgan fingerprint density at radius 2 is 1.20 bits per heavy atom. The molecule has 4 nitrogen and oxygen atoms in total. The summed E-state index contributed by atoms with van der Waals surface area (Å²) in [5.41, 5.74) is 0. The van der Waals surface area contributed by atoms with E-state index in [1.165, 1.54) is 110 Å². The monoisotopic (exact) mass is 346 g/mol. The van der Waals surface area contributed by atoms with Crippen LogP contribution in [0.25, 0.3) is 0 Å². The standard InChI is InChI=1S/C14H32B3N3.C4H9N/c1-2-4-6-8-10-14(11-9-7-5-3-1)12-13-20-16-18-15-19-17-20;1-2-4-5-3-1/h14-19H,1-13H2;5H,1-4H2. The Kier molecular flexibility index (Phi) is 12.9. The first-order chi connectivity index (χ1) is 12.4. The summed E-state index contributed by atoms with van der Waals surface area (Å²) in [5.74, 6) is 0.983. The van der Waals surface area contributed by atoms with Crippen LogP contribution >= 0.6 is 0 Å². The lowest BCUT2D eigenvalue weighted by Crippen LogP contribution is -2.58. The van der Waals surface area contributed by atoms with Gasteiger partial charge in [-0.2, -0.15) is 0 Å². The average Bonchev–Trinajstić information content (AvgIpc) is 3.22. The fraction of sp³-hybridized carbons (Fsp3) is 1.00. The summed E-state index contributed by atoms with van der Waals surface area (Å²) < 4.78 is 2.51. The van der Waals surface area contributed by atoms with Crippen molar-refractivity contribution in [2.45, 2.75) is 89.9 Å². The highest BCUT2D eigenvalue weighted by Gasteiger charge is 2.16. The Bertz CT molecular complexity index is 280. The Balaban J connectivity index is 0.000000386. The molecule has 3 N–H and O–H groups in total. The van der Waals surface area contributed by atoms with E-state index in [-0.39, 0.29) is 0 Å². The second-order valence-corrected chi connectivity index (χ2v) is 8.26. The van der Waals surface area contributed by atoms with Gasteiger partial charge in [0.15, 0.2) is 0 Å². The van der Waals surface area contributed by atoms with Crippen LogP contribution in [0.3, 0.4) is 0 Å². The van der Waals surface area contributed by atoms with Gasteiger partial charge in [-0.05, 0) is 44.8 Å². The molecule has 7 heteroatoms. The van der Waals surface area contributed by atoms with Crippen molar-refractivity contribution >= 4 is 22.6 Å². The fourth-order valence-corrected chi connectivity index (χ4v) is 4.26. The molecule has 1 saturated carbocycles. The van der Waals surface area contributed by atoms with Gasteiger partial charge in [-0.25, -0.2) is 0 Å². The van der Waals surface area contributed by atoms with Crippen molar-refractivity contribution in [1.82, 2.24) is 20.3 Å². The van der Waals surface area contributed by atoms with E-state index >= 15 is 0 Å². The van der Waals surface area contributed by atoms with Crippen molar-refractivity contribution < 1.29 is 0 Å². The molecule has 1 aliphatic carbocycles. The van der Waals surface area contributed by atoms with E-state index in [4.69, 9.17) is 0 Å². The van der Waals surface area contributed by atoms with Gasteiger partial charge < -0.3 is 20.3 Å². The molecule has 3 rings (SSSR count). The third-order valence-electron chi connectivity index (χ3n) is 5.96. The van der Waals surface area contributed by atoms with E-state index in [0.717, 1.165) is 28.6 Å². The Morgan fingerprint density at radius 1 is 0.680 bits per heavy atom. The van der Waals surface area contributed by atoms with Crippen molar-refractivity contribution in [3.63, 3.8) is 0 Å². The van der Waals surface area contributed by atoms with Gasteiger partial charge in [0.2, 0.25) is 0 Å². The Labute approximate surface area is 158 Å². The Morgan fingerprint density at radius 3 is 1.68 bits per heavy atom. The second kappa shape index (κ2) is 15.1. The van der Waals surface area contributed by atoms with Crippen molar-refractivity contribution in [2.75, 3.05) is 19.6 Å². The highest BCUT2D eigenvalue weighted by atomic mass is 15.1. The number of nitrogens with one attached hydrogen (secondary N) is 3. The fourth-order valence-electron chi connectivity index (χ4n) is 4.26. The van der Waals surface area contributed by atoms with E-state index in [1.54, 1.807) is 0 Å². The molecule has 2 saturated heterocycles. The topological polar surface area (TPSA) is 39.3 Å². The van der Waals surface area contributed by atoms with Crippen LogP contribution in [0.2, 0.25) is 0 Å². The normalized spacial score (nSPS) is 24.5. The molecule has 0 spiro atoms. The van der Waals surface area contributed by atoms with E-state index in [2.05, 4.69) is 20.3 Å². The van der Waals surface area contributed by atoms with Crippen LogP contribution in [0.5, 0.6) is 0 Å². The minimum Gasteiger partial charge on any atom is -0.377 e. The summed E-state index contributed by atoms with van der Waals surface area (Å²) in [6.07, 6.45) is 20.4. The third-order valence-corrected chi connectivity index (χ3v) is 5.96. The van der Waals surface area contributed by atoms with Crippen molar-refractivity contribution in [3.05, 3.63) is 0 Å². The third kappa shape index (κ3) is 11.4. The molecule has 0 unspecified atom stereocenters. The predicted octanol–water partition coefficient (Wildman–Crippen LogP) is 1.96. The van der Waals surface area contributed by atoms with E-state index < -0.39 is 0 Å². The molecule has 25 heavy (non-hydrogen) atoms. The summed E-state index contributed by atoms with van der Waals surface area (Å²) >= 11 is 0. The van der Waals surface area contributed by atoms with Crippen LogP contribution in [-0.4, -0.2) is 47.0 Å². The molecule has 3 aliphatic rings. The molecular formula is C18H41B3N4. The van der Waals surface area contributed by atoms with Gasteiger partial charge in [-0.1, -0.05) is 70.6 Å². The zero-order chi connectivity index (χ0) is 17.4. The quantitative estimate of drug-likeness (QED) is 0.684. The zero-order valence-corrected chi connectivity index (χ0v) is 16.7. The molecule has 2 heterocycles. The molecule has 3 fully saturated rings. The molecule has 0 atom stereocenters. The maximum Gasteiger partial charge on any atom is 0.267 e. The summed E-state index contributed by atoms with van der Waals surface area (Å²) in [4.78, 5) is 0. The summed E-state index contributed by atoms with van der Waals surface area (Å²) in [6.45, 7) is 3.77. The first-order valence-electron chi connectivity index (χ1n) is 11.3. The molecule has 0 radical (unpaired) electrons. The van der Waals surface area contributed by atoms with Gasteiger partial charge in [0.05, 0.1) is 0 Å². The highest BCUT2D eigenvalue weighted by molar-refractivity contribution is 6.65. The molecule has 0 aromatic rings. The highest BCUT2D eigenvalue weighted by Crippen LogP contribution is 2.23. The van der Waals surface area contributed by atoms with E-state index in [0.29, 0.717) is 0 Å². The molecule has 0 aromatic heterocycles. The second-order valence-electron chi connectivity index (χ2n) is 8.26. The molecule has 142 valence electrons. The van der Waals surface area contributed by atoms with Crippen molar-refractivity contribution in [3.8, 4) is 0 Å². The van der Waals surface area contributed by atoms with Crippen LogP contribution < -0.4 is 15.6 Å². The number of hydrogen-bond acceptors (Lipinski definition) is 4. The molecule has 0 bridgehead atoms. The minimum absolute atomic E-state index is 0.972. The first kappa shape index (κ1) is 21.3. The lowest BCUT2D eigenvalue weighted by molar-refractivity contribution is 0.359. The van der Waals surface area contributed by atoms with Gasteiger partial charge in [0.1, 0.15) is 0 Å². The van der Waals surface area contributed by atoms with Gasteiger partial charge in [-0.15, -0.1) is 0 Å². The van der Waals surface area contributed by atoms with E-state index in [9.17, 15) is 0 Å². The van der Waals surface area contributed by atoms with Gasteiger partial charge in [0, 0.05) is 0 Å². The number of rotatable bonds is 3. The van der Waals surface area contributed by atoms with Crippen molar-refractivity contribution in [1.29, 1.82) is 0 Å². The SMILES string of the molecule is B1NBN(CCC2CCCCCCCCCCC2)BN1.C1CCNC1.